The van der Waals surface area contributed by atoms with Gasteiger partial charge in [-0.15, -0.1) is 0 Å². The molecule has 10 heteroatoms. The van der Waals surface area contributed by atoms with Crippen LogP contribution in [0.3, 0.4) is 0 Å². The molecule has 6 rings (SSSR count). The molecule has 1 amide bonds. The lowest BCUT2D eigenvalue weighted by molar-refractivity contribution is -0.114. The Bertz CT molecular complexity index is 1600. The Balaban J connectivity index is 1.35. The SMILES string of the molecule is CC(=O)Nc1nc2cc(-c3ccc4c(c3)CN(c3nc(CN(C)C)nc5c3CC(C)(C)CC5)CCO4)cnc2s1. The fourth-order valence-electron chi connectivity index (χ4n) is 5.53. The molecule has 2 aliphatic rings. The largest absolute Gasteiger partial charge is 0.491 e. The maximum atomic E-state index is 11.5. The van der Waals surface area contributed by atoms with Gasteiger partial charge in [0.05, 0.1) is 13.1 Å². The number of thiazole rings is 1. The molecule has 0 bridgehead atoms. The second kappa shape index (κ2) is 10.4. The van der Waals surface area contributed by atoms with E-state index in [1.807, 2.05) is 12.3 Å². The molecule has 9 nitrogen and oxygen atoms in total. The minimum atomic E-state index is -0.142. The highest BCUT2D eigenvalue weighted by atomic mass is 32.1. The van der Waals surface area contributed by atoms with Crippen LogP contribution in [0.1, 0.15) is 49.8 Å². The molecular formula is C30H35N7O2S. The monoisotopic (exact) mass is 557 g/mol. The Kier molecular flexibility index (Phi) is 6.92. The van der Waals surface area contributed by atoms with Gasteiger partial charge in [-0.2, -0.15) is 0 Å². The molecule has 4 aromatic rings. The molecule has 0 saturated carbocycles. The zero-order valence-electron chi connectivity index (χ0n) is 23.7. The third-order valence-corrected chi connectivity index (χ3v) is 8.37. The van der Waals surface area contributed by atoms with Crippen LogP contribution in [0.15, 0.2) is 30.5 Å². The molecule has 0 saturated heterocycles. The van der Waals surface area contributed by atoms with E-state index >= 15 is 0 Å². The first-order chi connectivity index (χ1) is 19.1. The van der Waals surface area contributed by atoms with E-state index in [4.69, 9.17) is 14.7 Å². The standard InChI is InChI=1S/C30H35N7O2S/c1-18(38)32-29-34-24-13-20(15-31-28(24)40-29)19-6-7-25-21(12-19)16-37(10-11-39-25)27-22-14-30(2,3)9-8-23(22)33-26(35-27)17-36(4)5/h6-7,12-13,15H,8-11,14,16-17H2,1-5H3,(H,32,34,38). The summed E-state index contributed by atoms with van der Waals surface area (Å²) in [6.45, 7) is 8.92. The third-order valence-electron chi connectivity index (χ3n) is 7.47. The number of amides is 1. The Morgan fingerprint density at radius 2 is 2.02 bits per heavy atom. The molecule has 0 spiro atoms. The summed E-state index contributed by atoms with van der Waals surface area (Å²) in [5, 5.41) is 3.31. The van der Waals surface area contributed by atoms with E-state index in [1.54, 1.807) is 0 Å². The van der Waals surface area contributed by atoms with E-state index in [0.717, 1.165) is 70.2 Å². The molecule has 208 valence electrons. The number of rotatable bonds is 5. The number of aryl methyl sites for hydroxylation is 1. The number of carbonyl (C=O) groups is 1. The van der Waals surface area contributed by atoms with Gasteiger partial charge in [0.1, 0.15) is 34.3 Å². The van der Waals surface area contributed by atoms with Crippen molar-refractivity contribution in [3.63, 3.8) is 0 Å². The topological polar surface area (TPSA) is 96.4 Å². The summed E-state index contributed by atoms with van der Waals surface area (Å²) in [6, 6.07) is 8.34. The molecule has 40 heavy (non-hydrogen) atoms. The first-order valence-electron chi connectivity index (χ1n) is 13.7. The number of ether oxygens (including phenoxy) is 1. The van der Waals surface area contributed by atoms with E-state index in [0.29, 0.717) is 24.8 Å². The van der Waals surface area contributed by atoms with Crippen LogP contribution in [0.4, 0.5) is 10.9 Å². The van der Waals surface area contributed by atoms with E-state index in [-0.39, 0.29) is 11.3 Å². The van der Waals surface area contributed by atoms with Gasteiger partial charge < -0.3 is 19.9 Å². The third kappa shape index (κ3) is 5.51. The minimum absolute atomic E-state index is 0.142. The number of carbonyl (C=O) groups excluding carboxylic acids is 1. The zero-order valence-corrected chi connectivity index (χ0v) is 24.6. The zero-order chi connectivity index (χ0) is 28.0. The molecule has 0 atom stereocenters. The highest BCUT2D eigenvalue weighted by molar-refractivity contribution is 7.21. The number of nitrogens with one attached hydrogen (secondary N) is 1. The lowest BCUT2D eigenvalue weighted by atomic mass is 9.76. The molecule has 4 heterocycles. The van der Waals surface area contributed by atoms with Crippen molar-refractivity contribution < 1.29 is 9.53 Å². The predicted molar refractivity (Wildman–Crippen MR) is 159 cm³/mol. The predicted octanol–water partition coefficient (Wildman–Crippen LogP) is 5.08. The summed E-state index contributed by atoms with van der Waals surface area (Å²) < 4.78 is 6.22. The number of hydrogen-bond donors (Lipinski definition) is 1. The summed E-state index contributed by atoms with van der Waals surface area (Å²) in [5.41, 5.74) is 6.61. The Labute approximate surface area is 238 Å². The van der Waals surface area contributed by atoms with Gasteiger partial charge in [-0.1, -0.05) is 31.3 Å². The van der Waals surface area contributed by atoms with Crippen molar-refractivity contribution in [2.45, 2.75) is 53.1 Å². The van der Waals surface area contributed by atoms with Gasteiger partial charge in [-0.25, -0.2) is 19.9 Å². The second-order valence-corrected chi connectivity index (χ2v) is 12.8. The van der Waals surface area contributed by atoms with Crippen LogP contribution in [0.25, 0.3) is 21.5 Å². The number of benzene rings is 1. The van der Waals surface area contributed by atoms with E-state index in [2.05, 4.69) is 71.2 Å². The van der Waals surface area contributed by atoms with Crippen LogP contribution in [-0.2, 0) is 30.7 Å². The number of aromatic nitrogens is 4. The maximum Gasteiger partial charge on any atom is 0.223 e. The fraction of sp³-hybridized carbons (Fsp3) is 0.433. The smallest absolute Gasteiger partial charge is 0.223 e. The van der Waals surface area contributed by atoms with Crippen LogP contribution in [0, 0.1) is 5.41 Å². The van der Waals surface area contributed by atoms with Crippen LogP contribution in [0.5, 0.6) is 5.75 Å². The first kappa shape index (κ1) is 26.6. The highest BCUT2D eigenvalue weighted by Crippen LogP contribution is 2.39. The average molecular weight is 558 g/mol. The molecule has 0 radical (unpaired) electrons. The number of fused-ring (bicyclic) bond motifs is 3. The summed E-state index contributed by atoms with van der Waals surface area (Å²) in [6.07, 6.45) is 4.96. The van der Waals surface area contributed by atoms with Gasteiger partial charge in [0.25, 0.3) is 0 Å². The molecule has 1 N–H and O–H groups in total. The van der Waals surface area contributed by atoms with Gasteiger partial charge >= 0.3 is 0 Å². The van der Waals surface area contributed by atoms with Gasteiger partial charge in [-0.05, 0) is 62.5 Å². The number of hydrogen-bond acceptors (Lipinski definition) is 9. The van der Waals surface area contributed by atoms with Gasteiger partial charge in [0.15, 0.2) is 5.13 Å². The minimum Gasteiger partial charge on any atom is -0.491 e. The van der Waals surface area contributed by atoms with E-state index in [9.17, 15) is 4.79 Å². The van der Waals surface area contributed by atoms with Crippen LogP contribution in [0.2, 0.25) is 0 Å². The van der Waals surface area contributed by atoms with E-state index in [1.165, 1.54) is 29.5 Å². The van der Waals surface area contributed by atoms with Crippen LogP contribution >= 0.6 is 11.3 Å². The quantitative estimate of drug-likeness (QED) is 0.363. The van der Waals surface area contributed by atoms with Crippen LogP contribution in [-0.4, -0.2) is 58.0 Å². The molecule has 1 aromatic carbocycles. The average Bonchev–Trinajstić information content (AvgIpc) is 3.15. The molecule has 1 aliphatic heterocycles. The van der Waals surface area contributed by atoms with Crippen LogP contribution < -0.4 is 15.0 Å². The molecular weight excluding hydrogens is 522 g/mol. The Hall–Kier alpha value is -3.63. The molecule has 0 unspecified atom stereocenters. The van der Waals surface area contributed by atoms with Crippen molar-refractivity contribution in [2.24, 2.45) is 5.41 Å². The highest BCUT2D eigenvalue weighted by Gasteiger charge is 2.31. The lowest BCUT2D eigenvalue weighted by Crippen LogP contribution is -2.32. The molecule has 0 fully saturated rings. The van der Waals surface area contributed by atoms with Crippen molar-refractivity contribution in [1.82, 2.24) is 24.8 Å². The molecule has 1 aliphatic carbocycles. The number of anilines is 2. The molecule has 3 aromatic heterocycles. The maximum absolute atomic E-state index is 11.5. The lowest BCUT2D eigenvalue weighted by Gasteiger charge is -2.34. The summed E-state index contributed by atoms with van der Waals surface area (Å²) in [7, 11) is 4.11. The normalized spacial score (nSPS) is 16.3. The second-order valence-electron chi connectivity index (χ2n) is 11.8. The van der Waals surface area contributed by atoms with Crippen molar-refractivity contribution in [1.29, 1.82) is 0 Å². The number of nitrogens with zero attached hydrogens (tertiary/aromatic N) is 6. The van der Waals surface area contributed by atoms with Crippen molar-refractivity contribution in [3.05, 3.63) is 53.1 Å². The Morgan fingerprint density at radius 1 is 1.18 bits per heavy atom. The fourth-order valence-corrected chi connectivity index (χ4v) is 6.37. The first-order valence-corrected chi connectivity index (χ1v) is 14.5. The van der Waals surface area contributed by atoms with Crippen molar-refractivity contribution in [3.8, 4) is 16.9 Å². The van der Waals surface area contributed by atoms with Crippen molar-refractivity contribution >= 4 is 38.5 Å². The van der Waals surface area contributed by atoms with Gasteiger partial charge in [0.2, 0.25) is 5.91 Å². The summed E-state index contributed by atoms with van der Waals surface area (Å²) in [5.74, 6) is 2.68. The Morgan fingerprint density at radius 3 is 2.83 bits per heavy atom. The summed E-state index contributed by atoms with van der Waals surface area (Å²) >= 11 is 1.37. The van der Waals surface area contributed by atoms with Gasteiger partial charge in [0, 0.05) is 42.0 Å². The van der Waals surface area contributed by atoms with Crippen molar-refractivity contribution in [2.75, 3.05) is 37.5 Å². The summed E-state index contributed by atoms with van der Waals surface area (Å²) in [4.78, 5) is 36.0. The van der Waals surface area contributed by atoms with E-state index < -0.39 is 0 Å². The van der Waals surface area contributed by atoms with Gasteiger partial charge in [-0.3, -0.25) is 4.79 Å². The number of pyridine rings is 1.